The predicted octanol–water partition coefficient (Wildman–Crippen LogP) is 2.62. The molecule has 0 bridgehead atoms. The first-order chi connectivity index (χ1) is 8.06. The molecule has 0 saturated carbocycles. The zero-order chi connectivity index (χ0) is 13.0. The van der Waals surface area contributed by atoms with Gasteiger partial charge in [0.1, 0.15) is 10.2 Å². The van der Waals surface area contributed by atoms with Gasteiger partial charge in [-0.2, -0.15) is 0 Å². The number of nitrogens with two attached hydrogens (primary N) is 1. The fourth-order valence-corrected chi connectivity index (χ4v) is 2.33. The van der Waals surface area contributed by atoms with Crippen LogP contribution in [0.15, 0.2) is 10.5 Å². The first kappa shape index (κ1) is 14.1. The molecule has 4 nitrogen and oxygen atoms in total. The number of benzene rings is 1. The van der Waals surface area contributed by atoms with Crippen LogP contribution in [0.5, 0.6) is 17.2 Å². The van der Waals surface area contributed by atoms with E-state index in [0.29, 0.717) is 22.5 Å². The first-order valence-corrected chi connectivity index (χ1v) is 6.19. The van der Waals surface area contributed by atoms with Crippen molar-refractivity contribution in [2.75, 3.05) is 20.8 Å². The van der Waals surface area contributed by atoms with Crippen LogP contribution in [-0.2, 0) is 0 Å². The molecule has 3 N–H and O–H groups in total. The van der Waals surface area contributed by atoms with Gasteiger partial charge in [-0.05, 0) is 40.9 Å². The van der Waals surface area contributed by atoms with Gasteiger partial charge in [0.05, 0.1) is 14.2 Å². The smallest absolute Gasteiger partial charge is 0.178 e. The van der Waals surface area contributed by atoms with Crippen LogP contribution in [0.4, 0.5) is 0 Å². The highest BCUT2D eigenvalue weighted by Gasteiger charge is 2.20. The van der Waals surface area contributed by atoms with E-state index in [1.807, 2.05) is 6.92 Å². The Kier molecular flexibility index (Phi) is 5.08. The molecule has 96 valence electrons. The van der Waals surface area contributed by atoms with Crippen molar-refractivity contribution in [2.45, 2.75) is 19.3 Å². The second-order valence-electron chi connectivity index (χ2n) is 3.84. The van der Waals surface area contributed by atoms with E-state index >= 15 is 0 Å². The van der Waals surface area contributed by atoms with Crippen molar-refractivity contribution in [3.05, 3.63) is 16.1 Å². The number of rotatable bonds is 5. The number of methoxy groups -OCH3 is 2. The van der Waals surface area contributed by atoms with Gasteiger partial charge >= 0.3 is 0 Å². The van der Waals surface area contributed by atoms with Gasteiger partial charge in [0.25, 0.3) is 0 Å². The summed E-state index contributed by atoms with van der Waals surface area (Å²) in [5.41, 5.74) is 6.34. The molecule has 0 aliphatic carbocycles. The summed E-state index contributed by atoms with van der Waals surface area (Å²) in [6, 6.07) is 1.79. The third-order valence-corrected chi connectivity index (χ3v) is 3.48. The van der Waals surface area contributed by atoms with Crippen LogP contribution in [0.25, 0.3) is 0 Å². The number of phenolic OH excluding ortho intramolecular Hbond substituents is 1. The summed E-state index contributed by atoms with van der Waals surface area (Å²) in [7, 11) is 3.10. The van der Waals surface area contributed by atoms with Gasteiger partial charge in [-0.25, -0.2) is 0 Å². The maximum Gasteiger partial charge on any atom is 0.178 e. The molecule has 17 heavy (non-hydrogen) atoms. The van der Waals surface area contributed by atoms with E-state index in [1.165, 1.54) is 7.11 Å². The third kappa shape index (κ3) is 2.84. The summed E-state index contributed by atoms with van der Waals surface area (Å²) in [5, 5.41) is 10.1. The molecule has 0 aliphatic heterocycles. The molecular weight excluding hydrogens is 286 g/mol. The second-order valence-corrected chi connectivity index (χ2v) is 4.64. The molecule has 1 unspecified atom stereocenters. The van der Waals surface area contributed by atoms with E-state index in [4.69, 9.17) is 15.2 Å². The van der Waals surface area contributed by atoms with Crippen molar-refractivity contribution < 1.29 is 14.6 Å². The summed E-state index contributed by atoms with van der Waals surface area (Å²) in [6.07, 6.45) is 0.801. The minimum absolute atomic E-state index is 0.163. The molecular formula is C12H18BrNO3. The Morgan fingerprint density at radius 2 is 2.06 bits per heavy atom. The molecule has 5 heteroatoms. The quantitative estimate of drug-likeness (QED) is 0.877. The minimum Gasteiger partial charge on any atom is -0.506 e. The van der Waals surface area contributed by atoms with Gasteiger partial charge in [0.2, 0.25) is 0 Å². The highest BCUT2D eigenvalue weighted by atomic mass is 79.9. The van der Waals surface area contributed by atoms with E-state index in [0.717, 1.165) is 12.0 Å². The van der Waals surface area contributed by atoms with Crippen molar-refractivity contribution in [2.24, 2.45) is 5.73 Å². The second kappa shape index (κ2) is 6.12. The summed E-state index contributed by atoms with van der Waals surface area (Å²) in [5.74, 6) is 1.43. The van der Waals surface area contributed by atoms with E-state index in [9.17, 15) is 5.11 Å². The van der Waals surface area contributed by atoms with Crippen LogP contribution in [0.1, 0.15) is 24.8 Å². The topological polar surface area (TPSA) is 64.7 Å². The normalized spacial score (nSPS) is 12.3. The fourth-order valence-electron chi connectivity index (χ4n) is 1.74. The van der Waals surface area contributed by atoms with Crippen LogP contribution in [0.3, 0.4) is 0 Å². The summed E-state index contributed by atoms with van der Waals surface area (Å²) in [4.78, 5) is 0. The highest BCUT2D eigenvalue weighted by Crippen LogP contribution is 2.46. The van der Waals surface area contributed by atoms with Crippen LogP contribution in [-0.4, -0.2) is 25.9 Å². The molecule has 1 atom stereocenters. The van der Waals surface area contributed by atoms with E-state index in [2.05, 4.69) is 15.9 Å². The molecule has 1 aromatic rings. The van der Waals surface area contributed by atoms with Crippen molar-refractivity contribution in [3.63, 3.8) is 0 Å². The number of phenols is 1. The number of hydrogen-bond donors (Lipinski definition) is 2. The zero-order valence-corrected chi connectivity index (χ0v) is 11.9. The zero-order valence-electron chi connectivity index (χ0n) is 10.3. The van der Waals surface area contributed by atoms with Crippen LogP contribution in [0, 0.1) is 0 Å². The Bertz CT molecular complexity index is 396. The fraction of sp³-hybridized carbons (Fsp3) is 0.500. The lowest BCUT2D eigenvalue weighted by Crippen LogP contribution is -2.05. The SMILES string of the molecule is COc1cc(C(C)CCN)c(O)c(Br)c1OC. The Hall–Kier alpha value is -0.940. The van der Waals surface area contributed by atoms with Gasteiger partial charge < -0.3 is 20.3 Å². The molecule has 0 spiro atoms. The first-order valence-electron chi connectivity index (χ1n) is 5.40. The van der Waals surface area contributed by atoms with E-state index in [1.54, 1.807) is 13.2 Å². The maximum absolute atomic E-state index is 10.1. The average Bonchev–Trinajstić information content (AvgIpc) is 2.32. The van der Waals surface area contributed by atoms with Crippen LogP contribution in [0.2, 0.25) is 0 Å². The maximum atomic E-state index is 10.1. The predicted molar refractivity (Wildman–Crippen MR) is 71.0 cm³/mol. The number of aromatic hydroxyl groups is 1. The molecule has 0 radical (unpaired) electrons. The largest absolute Gasteiger partial charge is 0.506 e. The lowest BCUT2D eigenvalue weighted by molar-refractivity contribution is 0.347. The van der Waals surface area contributed by atoms with Crippen molar-refractivity contribution in [3.8, 4) is 17.2 Å². The van der Waals surface area contributed by atoms with Crippen LogP contribution < -0.4 is 15.2 Å². The minimum atomic E-state index is 0.163. The van der Waals surface area contributed by atoms with E-state index in [-0.39, 0.29) is 11.7 Å². The van der Waals surface area contributed by atoms with Gasteiger partial charge in [-0.1, -0.05) is 6.92 Å². The molecule has 1 aromatic carbocycles. The molecule has 0 amide bonds. The van der Waals surface area contributed by atoms with Crippen molar-refractivity contribution >= 4 is 15.9 Å². The molecule has 1 rings (SSSR count). The number of ether oxygens (including phenoxy) is 2. The standard InChI is InChI=1S/C12H18BrNO3/c1-7(4-5-14)8-6-9(16-2)12(17-3)10(13)11(8)15/h6-7,15H,4-5,14H2,1-3H3. The third-order valence-electron chi connectivity index (χ3n) is 2.75. The van der Waals surface area contributed by atoms with Crippen molar-refractivity contribution in [1.82, 2.24) is 0 Å². The monoisotopic (exact) mass is 303 g/mol. The molecule has 0 saturated heterocycles. The lowest BCUT2D eigenvalue weighted by atomic mass is 9.96. The Morgan fingerprint density at radius 1 is 1.41 bits per heavy atom. The summed E-state index contributed by atoms with van der Waals surface area (Å²) >= 11 is 3.32. The van der Waals surface area contributed by atoms with Gasteiger partial charge in [-0.15, -0.1) is 0 Å². The number of hydrogen-bond acceptors (Lipinski definition) is 4. The lowest BCUT2D eigenvalue weighted by Gasteiger charge is -2.18. The van der Waals surface area contributed by atoms with E-state index < -0.39 is 0 Å². The highest BCUT2D eigenvalue weighted by molar-refractivity contribution is 9.10. The van der Waals surface area contributed by atoms with Gasteiger partial charge in [-0.3, -0.25) is 0 Å². The summed E-state index contributed by atoms with van der Waals surface area (Å²) < 4.78 is 10.9. The van der Waals surface area contributed by atoms with Crippen LogP contribution >= 0.6 is 15.9 Å². The van der Waals surface area contributed by atoms with Crippen molar-refractivity contribution in [1.29, 1.82) is 0 Å². The summed E-state index contributed by atoms with van der Waals surface area (Å²) in [6.45, 7) is 2.59. The molecule has 0 heterocycles. The van der Waals surface area contributed by atoms with Gasteiger partial charge in [0.15, 0.2) is 11.5 Å². The molecule has 0 fully saturated rings. The molecule has 0 aromatic heterocycles. The number of halogens is 1. The molecule has 0 aliphatic rings. The van der Waals surface area contributed by atoms with Gasteiger partial charge in [0, 0.05) is 5.56 Å². The Morgan fingerprint density at radius 3 is 2.53 bits per heavy atom. The Balaban J connectivity index is 3.28. The Labute approximate surface area is 110 Å². The average molecular weight is 304 g/mol.